The summed E-state index contributed by atoms with van der Waals surface area (Å²) in [7, 11) is 0. The molecular formula is C10H12N6O2. The van der Waals surface area contributed by atoms with Gasteiger partial charge in [0.1, 0.15) is 19.2 Å². The quantitative estimate of drug-likeness (QED) is 0.806. The summed E-state index contributed by atoms with van der Waals surface area (Å²) in [6, 6.07) is 0.284. The predicted octanol–water partition coefficient (Wildman–Crippen LogP) is 0.105. The largest absolute Gasteiger partial charge is 0.464 e. The van der Waals surface area contributed by atoms with Crippen LogP contribution in [-0.2, 0) is 11.3 Å². The summed E-state index contributed by atoms with van der Waals surface area (Å²) in [6.07, 6.45) is 5.80. The summed E-state index contributed by atoms with van der Waals surface area (Å²) < 4.78 is 6.52. The van der Waals surface area contributed by atoms with Crippen LogP contribution in [0.5, 0.6) is 6.01 Å². The fourth-order valence-corrected chi connectivity index (χ4v) is 1.25. The van der Waals surface area contributed by atoms with Crippen molar-refractivity contribution in [2.75, 3.05) is 11.9 Å². The number of ether oxygens (including phenoxy) is 1. The summed E-state index contributed by atoms with van der Waals surface area (Å²) in [5.41, 5.74) is 0.503. The molecule has 2 heterocycles. The molecule has 2 aromatic heterocycles. The van der Waals surface area contributed by atoms with E-state index in [1.54, 1.807) is 0 Å². The van der Waals surface area contributed by atoms with Gasteiger partial charge in [0.2, 0.25) is 5.91 Å². The number of hydrogen-bond donors (Lipinski definition) is 1. The topological polar surface area (TPSA) is 94.8 Å². The zero-order chi connectivity index (χ0) is 12.8. The lowest BCUT2D eigenvalue weighted by atomic mass is 10.5. The fourth-order valence-electron chi connectivity index (χ4n) is 1.25. The first-order chi connectivity index (χ1) is 8.78. The molecule has 0 radical (unpaired) electrons. The van der Waals surface area contributed by atoms with Crippen molar-refractivity contribution >= 4 is 11.6 Å². The average Bonchev–Trinajstić information content (AvgIpc) is 2.84. The molecule has 0 fully saturated rings. The molecule has 2 rings (SSSR count). The van der Waals surface area contributed by atoms with Crippen LogP contribution in [0.4, 0.5) is 5.69 Å². The van der Waals surface area contributed by atoms with Crippen LogP contribution in [-0.4, -0.2) is 37.2 Å². The third-order valence-corrected chi connectivity index (χ3v) is 1.96. The van der Waals surface area contributed by atoms with Crippen LogP contribution in [0, 0.1) is 0 Å². The van der Waals surface area contributed by atoms with Crippen molar-refractivity contribution in [2.45, 2.75) is 13.5 Å². The highest BCUT2D eigenvalue weighted by Crippen LogP contribution is 2.07. The second-order valence-corrected chi connectivity index (χ2v) is 3.33. The molecule has 8 heteroatoms. The molecule has 0 saturated heterocycles. The number of carbonyl (C=O) groups excluding carboxylic acids is 1. The van der Waals surface area contributed by atoms with Crippen molar-refractivity contribution in [3.63, 3.8) is 0 Å². The van der Waals surface area contributed by atoms with Crippen molar-refractivity contribution in [2.24, 2.45) is 0 Å². The van der Waals surface area contributed by atoms with Crippen molar-refractivity contribution in [3.8, 4) is 6.01 Å². The molecule has 2 aromatic rings. The number of amides is 1. The second kappa shape index (κ2) is 5.71. The van der Waals surface area contributed by atoms with Gasteiger partial charge in [0, 0.05) is 0 Å². The van der Waals surface area contributed by atoms with Gasteiger partial charge in [-0.25, -0.2) is 19.6 Å². The van der Waals surface area contributed by atoms with Crippen LogP contribution in [0.2, 0.25) is 0 Å². The van der Waals surface area contributed by atoms with Gasteiger partial charge in [-0.1, -0.05) is 0 Å². The monoisotopic (exact) mass is 248 g/mol. The molecule has 0 aliphatic carbocycles. The second-order valence-electron chi connectivity index (χ2n) is 3.33. The first-order valence-corrected chi connectivity index (χ1v) is 5.35. The van der Waals surface area contributed by atoms with E-state index in [9.17, 15) is 4.79 Å². The first kappa shape index (κ1) is 12.0. The molecule has 0 unspecified atom stereocenters. The third kappa shape index (κ3) is 3.24. The summed E-state index contributed by atoms with van der Waals surface area (Å²) >= 11 is 0. The van der Waals surface area contributed by atoms with Crippen LogP contribution in [0.1, 0.15) is 6.92 Å². The molecule has 0 atom stereocenters. The molecule has 0 aliphatic heterocycles. The van der Waals surface area contributed by atoms with Crippen molar-refractivity contribution in [1.82, 2.24) is 24.7 Å². The maximum Gasteiger partial charge on any atom is 0.316 e. The Labute approximate surface area is 103 Å². The molecule has 0 bridgehead atoms. The molecule has 1 N–H and O–H groups in total. The molecule has 8 nitrogen and oxygen atoms in total. The van der Waals surface area contributed by atoms with E-state index in [1.165, 1.54) is 29.7 Å². The standard InChI is InChI=1S/C10H12N6O2/c1-2-18-10-12-3-8(4-13-10)15-9(17)5-16-7-11-6-14-16/h3-4,6-7H,2,5H2,1H3,(H,15,17). The molecule has 0 aromatic carbocycles. The van der Waals surface area contributed by atoms with Crippen molar-refractivity contribution in [1.29, 1.82) is 0 Å². The number of hydrogen-bond acceptors (Lipinski definition) is 6. The van der Waals surface area contributed by atoms with Crippen molar-refractivity contribution < 1.29 is 9.53 Å². The van der Waals surface area contributed by atoms with Gasteiger partial charge in [0.05, 0.1) is 24.7 Å². The van der Waals surface area contributed by atoms with E-state index >= 15 is 0 Å². The minimum absolute atomic E-state index is 0.0905. The van der Waals surface area contributed by atoms with Gasteiger partial charge in [-0.3, -0.25) is 4.79 Å². The van der Waals surface area contributed by atoms with Crippen LogP contribution >= 0.6 is 0 Å². The van der Waals surface area contributed by atoms with Gasteiger partial charge in [-0.05, 0) is 6.92 Å². The highest BCUT2D eigenvalue weighted by atomic mass is 16.5. The van der Waals surface area contributed by atoms with E-state index < -0.39 is 0 Å². The molecular weight excluding hydrogens is 236 g/mol. The highest BCUT2D eigenvalue weighted by Gasteiger charge is 2.05. The van der Waals surface area contributed by atoms with E-state index in [1.807, 2.05) is 6.92 Å². The van der Waals surface area contributed by atoms with E-state index in [0.717, 1.165) is 0 Å². The Morgan fingerprint density at radius 1 is 1.44 bits per heavy atom. The smallest absolute Gasteiger partial charge is 0.316 e. The molecule has 0 saturated carbocycles. The fraction of sp³-hybridized carbons (Fsp3) is 0.300. The Morgan fingerprint density at radius 3 is 2.83 bits per heavy atom. The lowest BCUT2D eigenvalue weighted by molar-refractivity contribution is -0.116. The van der Waals surface area contributed by atoms with Gasteiger partial charge in [-0.2, -0.15) is 5.10 Å². The van der Waals surface area contributed by atoms with E-state index in [0.29, 0.717) is 12.3 Å². The minimum atomic E-state index is -0.228. The first-order valence-electron chi connectivity index (χ1n) is 5.35. The number of nitrogens with one attached hydrogen (secondary N) is 1. The van der Waals surface area contributed by atoms with Gasteiger partial charge < -0.3 is 10.1 Å². The number of nitrogens with zero attached hydrogens (tertiary/aromatic N) is 5. The maximum atomic E-state index is 11.6. The molecule has 18 heavy (non-hydrogen) atoms. The van der Waals surface area contributed by atoms with Gasteiger partial charge >= 0.3 is 6.01 Å². The third-order valence-electron chi connectivity index (χ3n) is 1.96. The number of anilines is 1. The van der Waals surface area contributed by atoms with Crippen LogP contribution in [0.15, 0.2) is 25.0 Å². The van der Waals surface area contributed by atoms with Crippen LogP contribution in [0.25, 0.3) is 0 Å². The summed E-state index contributed by atoms with van der Waals surface area (Å²) in [4.78, 5) is 23.2. The van der Waals surface area contributed by atoms with E-state index in [2.05, 4.69) is 25.4 Å². The Morgan fingerprint density at radius 2 is 2.22 bits per heavy atom. The lowest BCUT2D eigenvalue weighted by Crippen LogP contribution is -2.19. The summed E-state index contributed by atoms with van der Waals surface area (Å²) in [6.45, 7) is 2.43. The van der Waals surface area contributed by atoms with E-state index in [4.69, 9.17) is 4.74 Å². The Kier molecular flexibility index (Phi) is 3.79. The van der Waals surface area contributed by atoms with Gasteiger partial charge in [0.15, 0.2) is 0 Å². The van der Waals surface area contributed by atoms with Gasteiger partial charge in [0.25, 0.3) is 0 Å². The predicted molar refractivity (Wildman–Crippen MR) is 61.9 cm³/mol. The molecule has 1 amide bonds. The van der Waals surface area contributed by atoms with Crippen LogP contribution < -0.4 is 10.1 Å². The highest BCUT2D eigenvalue weighted by molar-refractivity contribution is 5.90. The Bertz CT molecular complexity index is 496. The number of rotatable bonds is 5. The van der Waals surface area contributed by atoms with Crippen molar-refractivity contribution in [3.05, 3.63) is 25.0 Å². The zero-order valence-corrected chi connectivity index (χ0v) is 9.78. The molecule has 0 spiro atoms. The molecule has 0 aliphatic rings. The van der Waals surface area contributed by atoms with Gasteiger partial charge in [-0.15, -0.1) is 0 Å². The molecule has 94 valence electrons. The SMILES string of the molecule is CCOc1ncc(NC(=O)Cn2cncn2)cn1. The zero-order valence-electron chi connectivity index (χ0n) is 9.78. The minimum Gasteiger partial charge on any atom is -0.464 e. The Hall–Kier alpha value is -2.51. The average molecular weight is 248 g/mol. The summed E-state index contributed by atoms with van der Waals surface area (Å²) in [5.74, 6) is -0.228. The Balaban J connectivity index is 1.90. The number of carbonyl (C=O) groups is 1. The lowest BCUT2D eigenvalue weighted by Gasteiger charge is -2.05. The van der Waals surface area contributed by atoms with Crippen LogP contribution in [0.3, 0.4) is 0 Å². The maximum absolute atomic E-state index is 11.6. The summed E-state index contributed by atoms with van der Waals surface area (Å²) in [5, 5.41) is 6.47. The number of aromatic nitrogens is 5. The van der Waals surface area contributed by atoms with E-state index in [-0.39, 0.29) is 18.5 Å². The normalized spacial score (nSPS) is 10.1.